The van der Waals surface area contributed by atoms with E-state index in [2.05, 4.69) is 10.2 Å². The Morgan fingerprint density at radius 2 is 2.40 bits per heavy atom. The smallest absolute Gasteiger partial charge is 0.343 e. The van der Waals surface area contributed by atoms with Gasteiger partial charge in [-0.15, -0.1) is 5.10 Å². The number of pyridine rings is 1. The molecule has 1 unspecified atom stereocenters. The third-order valence-corrected chi connectivity index (χ3v) is 3.23. The summed E-state index contributed by atoms with van der Waals surface area (Å²) in [5, 5.41) is 7.60. The van der Waals surface area contributed by atoms with Gasteiger partial charge in [-0.2, -0.15) is 5.10 Å². The van der Waals surface area contributed by atoms with Crippen LogP contribution in [0.25, 0.3) is 11.0 Å². The van der Waals surface area contributed by atoms with Gasteiger partial charge in [-0.3, -0.25) is 4.79 Å². The molecule has 0 saturated heterocycles. The Hall–Kier alpha value is -2.44. The van der Waals surface area contributed by atoms with Crippen LogP contribution in [0.1, 0.15) is 30.2 Å². The fraction of sp³-hybridized carbons (Fsp3) is 0.385. The van der Waals surface area contributed by atoms with E-state index in [1.54, 1.807) is 6.92 Å². The minimum Gasteiger partial charge on any atom is -0.487 e. The minimum atomic E-state index is -0.644. The minimum absolute atomic E-state index is 0.0111. The van der Waals surface area contributed by atoms with Gasteiger partial charge in [0.25, 0.3) is 0 Å². The second kappa shape index (κ2) is 4.59. The van der Waals surface area contributed by atoms with Crippen LogP contribution in [0, 0.1) is 0 Å². The second-order valence-electron chi connectivity index (χ2n) is 4.57. The molecule has 0 aromatic carbocycles. The topological polar surface area (TPSA) is 83.3 Å². The van der Waals surface area contributed by atoms with Crippen LogP contribution < -0.4 is 10.2 Å². The number of esters is 1. The fourth-order valence-electron chi connectivity index (χ4n) is 2.25. The third-order valence-electron chi connectivity index (χ3n) is 3.23. The predicted molar refractivity (Wildman–Crippen MR) is 70.0 cm³/mol. The van der Waals surface area contributed by atoms with Crippen molar-refractivity contribution in [2.75, 3.05) is 13.2 Å². The molecule has 1 aliphatic rings. The summed E-state index contributed by atoms with van der Waals surface area (Å²) in [4.78, 5) is 24.2. The maximum Gasteiger partial charge on any atom is 0.343 e. The van der Waals surface area contributed by atoms with Crippen LogP contribution in [0.15, 0.2) is 17.2 Å². The van der Waals surface area contributed by atoms with E-state index in [9.17, 15) is 9.59 Å². The van der Waals surface area contributed by atoms with Crippen LogP contribution in [0.4, 0.5) is 0 Å². The molecule has 3 rings (SSSR count). The molecule has 7 nitrogen and oxygen atoms in total. The number of hydrogen-bond acceptors (Lipinski definition) is 6. The lowest BCUT2D eigenvalue weighted by atomic mass is 10.1. The summed E-state index contributed by atoms with van der Waals surface area (Å²) in [6.07, 6.45) is 2.98. The van der Waals surface area contributed by atoms with Crippen LogP contribution >= 0.6 is 0 Å². The second-order valence-corrected chi connectivity index (χ2v) is 4.57. The Kier molecular flexibility index (Phi) is 2.89. The van der Waals surface area contributed by atoms with Gasteiger partial charge in [0.05, 0.1) is 18.8 Å². The molecular weight excluding hydrogens is 262 g/mol. The first kappa shape index (κ1) is 12.6. The molecule has 3 heterocycles. The first-order chi connectivity index (χ1) is 9.63. The van der Waals surface area contributed by atoms with E-state index in [1.807, 2.05) is 11.5 Å². The Bertz CT molecular complexity index is 753. The van der Waals surface area contributed by atoms with Crippen LogP contribution in [0.3, 0.4) is 0 Å². The van der Waals surface area contributed by atoms with Gasteiger partial charge < -0.3 is 14.0 Å². The summed E-state index contributed by atoms with van der Waals surface area (Å²) < 4.78 is 12.3. The van der Waals surface area contributed by atoms with Crippen LogP contribution in [0.2, 0.25) is 0 Å². The lowest BCUT2D eigenvalue weighted by Crippen LogP contribution is -2.27. The van der Waals surface area contributed by atoms with Gasteiger partial charge in [-0.25, -0.2) is 4.79 Å². The van der Waals surface area contributed by atoms with Crippen molar-refractivity contribution in [1.29, 1.82) is 0 Å². The zero-order chi connectivity index (χ0) is 14.3. The molecule has 0 N–H and O–H groups in total. The summed E-state index contributed by atoms with van der Waals surface area (Å²) in [5.41, 5.74) is 0.178. The molecule has 0 saturated carbocycles. The number of carbonyl (C=O) groups is 1. The molecule has 104 valence electrons. The first-order valence-corrected chi connectivity index (χ1v) is 6.34. The van der Waals surface area contributed by atoms with E-state index in [-0.39, 0.29) is 23.7 Å². The summed E-state index contributed by atoms with van der Waals surface area (Å²) in [5.74, 6) is -0.144. The summed E-state index contributed by atoms with van der Waals surface area (Å²) >= 11 is 0. The van der Waals surface area contributed by atoms with E-state index < -0.39 is 11.4 Å². The molecule has 2 aromatic heterocycles. The molecular formula is C13H13N3O4. The zero-order valence-corrected chi connectivity index (χ0v) is 11.1. The van der Waals surface area contributed by atoms with Gasteiger partial charge in [0, 0.05) is 6.20 Å². The van der Waals surface area contributed by atoms with E-state index in [4.69, 9.17) is 9.47 Å². The van der Waals surface area contributed by atoms with Crippen molar-refractivity contribution in [2.45, 2.75) is 19.9 Å². The van der Waals surface area contributed by atoms with Crippen molar-refractivity contribution in [3.8, 4) is 5.75 Å². The van der Waals surface area contributed by atoms with E-state index in [0.717, 1.165) is 0 Å². The predicted octanol–water partition coefficient (Wildman–Crippen LogP) is 0.922. The van der Waals surface area contributed by atoms with Crippen molar-refractivity contribution in [3.05, 3.63) is 28.2 Å². The largest absolute Gasteiger partial charge is 0.487 e. The van der Waals surface area contributed by atoms with Gasteiger partial charge in [0.1, 0.15) is 17.7 Å². The molecule has 0 radical (unpaired) electrons. The summed E-state index contributed by atoms with van der Waals surface area (Å²) in [6.45, 7) is 4.27. The van der Waals surface area contributed by atoms with Gasteiger partial charge >= 0.3 is 5.97 Å². The fourth-order valence-corrected chi connectivity index (χ4v) is 2.25. The highest BCUT2D eigenvalue weighted by atomic mass is 16.5. The highest BCUT2D eigenvalue weighted by Crippen LogP contribution is 2.29. The van der Waals surface area contributed by atoms with Crippen molar-refractivity contribution < 1.29 is 14.3 Å². The van der Waals surface area contributed by atoms with Gasteiger partial charge in [0.15, 0.2) is 11.3 Å². The molecule has 0 spiro atoms. The van der Waals surface area contributed by atoms with Crippen LogP contribution in [0.5, 0.6) is 5.75 Å². The number of hydrogen-bond donors (Lipinski definition) is 0. The Balaban J connectivity index is 2.34. The average molecular weight is 275 g/mol. The van der Waals surface area contributed by atoms with Crippen molar-refractivity contribution in [2.24, 2.45) is 0 Å². The molecule has 1 atom stereocenters. The van der Waals surface area contributed by atoms with Crippen molar-refractivity contribution in [3.63, 3.8) is 0 Å². The summed E-state index contributed by atoms with van der Waals surface area (Å²) in [6, 6.07) is -0.0111. The zero-order valence-electron chi connectivity index (χ0n) is 11.1. The Morgan fingerprint density at radius 3 is 3.15 bits per heavy atom. The molecule has 20 heavy (non-hydrogen) atoms. The highest BCUT2D eigenvalue weighted by Gasteiger charge is 2.25. The number of ether oxygens (including phenoxy) is 2. The SMILES string of the molecule is CCOC(=O)c1cn2c3c(cnnc3c1=O)OCC2C. The van der Waals surface area contributed by atoms with Crippen LogP contribution in [-0.2, 0) is 4.74 Å². The maximum atomic E-state index is 12.3. The monoisotopic (exact) mass is 275 g/mol. The van der Waals surface area contributed by atoms with E-state index >= 15 is 0 Å². The molecule has 1 aliphatic heterocycles. The molecule has 0 fully saturated rings. The van der Waals surface area contributed by atoms with E-state index in [1.165, 1.54) is 12.4 Å². The van der Waals surface area contributed by atoms with Gasteiger partial charge in [0.2, 0.25) is 5.43 Å². The lowest BCUT2D eigenvalue weighted by molar-refractivity contribution is 0.0523. The lowest BCUT2D eigenvalue weighted by Gasteiger charge is -2.25. The van der Waals surface area contributed by atoms with Crippen molar-refractivity contribution >= 4 is 17.0 Å². The molecule has 0 bridgehead atoms. The number of nitrogens with zero attached hydrogens (tertiary/aromatic N) is 3. The normalized spacial score (nSPS) is 16.8. The molecule has 7 heteroatoms. The third kappa shape index (κ3) is 1.74. The van der Waals surface area contributed by atoms with Gasteiger partial charge in [-0.1, -0.05) is 0 Å². The molecule has 0 amide bonds. The van der Waals surface area contributed by atoms with Gasteiger partial charge in [-0.05, 0) is 13.8 Å². The standard InChI is InChI=1S/C13H13N3O4/c1-3-19-13(18)8-5-16-7(2)6-20-9-4-14-15-10(11(9)16)12(8)17/h4-5,7H,3,6H2,1-2H3. The average Bonchev–Trinajstić information content (AvgIpc) is 2.45. The number of carbonyl (C=O) groups excluding carboxylic acids is 1. The van der Waals surface area contributed by atoms with Crippen molar-refractivity contribution in [1.82, 2.24) is 14.8 Å². The quantitative estimate of drug-likeness (QED) is 0.758. The maximum absolute atomic E-state index is 12.3. The Morgan fingerprint density at radius 1 is 1.60 bits per heavy atom. The van der Waals surface area contributed by atoms with Crippen LogP contribution in [-0.4, -0.2) is 33.9 Å². The number of rotatable bonds is 2. The highest BCUT2D eigenvalue weighted by molar-refractivity contribution is 5.93. The Labute approximate surface area is 114 Å². The summed E-state index contributed by atoms with van der Waals surface area (Å²) in [7, 11) is 0. The molecule has 0 aliphatic carbocycles. The number of aromatic nitrogens is 3. The first-order valence-electron chi connectivity index (χ1n) is 6.34. The molecule has 2 aromatic rings. The van der Waals surface area contributed by atoms with E-state index in [0.29, 0.717) is 17.9 Å².